The van der Waals surface area contributed by atoms with Crippen LogP contribution in [0.1, 0.15) is 30.1 Å². The summed E-state index contributed by atoms with van der Waals surface area (Å²) in [6.07, 6.45) is 2.59. The minimum Gasteiger partial charge on any atom is -0.461 e. The summed E-state index contributed by atoms with van der Waals surface area (Å²) in [4.78, 5) is 0. The first-order valence-electron chi connectivity index (χ1n) is 5.50. The predicted molar refractivity (Wildman–Crippen MR) is 60.9 cm³/mol. The third kappa shape index (κ3) is 1.58. The second-order valence-corrected chi connectivity index (χ2v) is 4.30. The Labute approximate surface area is 89.7 Å². The number of rotatable bonds is 2. The molecule has 3 rings (SSSR count). The fraction of sp³-hybridized carbons (Fsp3) is 0.286. The molecule has 0 radical (unpaired) electrons. The summed E-state index contributed by atoms with van der Waals surface area (Å²) >= 11 is 0. The standard InChI is InChI=1S/C14H14O/c1-10-9-13(11-7-8-11)15-14(10)12-5-3-2-4-6-12/h2-6,9,11H,7-8H2,1H3. The van der Waals surface area contributed by atoms with Crippen molar-refractivity contribution < 1.29 is 4.42 Å². The lowest BCUT2D eigenvalue weighted by Crippen LogP contribution is -1.74. The number of furan rings is 1. The maximum atomic E-state index is 5.92. The fourth-order valence-electron chi connectivity index (χ4n) is 1.95. The van der Waals surface area contributed by atoms with E-state index in [-0.39, 0.29) is 0 Å². The molecule has 15 heavy (non-hydrogen) atoms. The zero-order chi connectivity index (χ0) is 10.3. The summed E-state index contributed by atoms with van der Waals surface area (Å²) in [5.41, 5.74) is 2.44. The Balaban J connectivity index is 2.04. The summed E-state index contributed by atoms with van der Waals surface area (Å²) in [5.74, 6) is 2.91. The lowest BCUT2D eigenvalue weighted by atomic mass is 10.1. The molecule has 0 unspecified atom stereocenters. The predicted octanol–water partition coefficient (Wildman–Crippen LogP) is 4.13. The van der Waals surface area contributed by atoms with Crippen molar-refractivity contribution in [2.75, 3.05) is 0 Å². The Morgan fingerprint density at radius 2 is 1.87 bits per heavy atom. The molecule has 2 aromatic rings. The molecule has 76 valence electrons. The highest BCUT2D eigenvalue weighted by Gasteiger charge is 2.27. The van der Waals surface area contributed by atoms with E-state index in [1.54, 1.807) is 0 Å². The Hall–Kier alpha value is -1.50. The molecule has 1 heterocycles. The molecule has 1 aliphatic rings. The summed E-state index contributed by atoms with van der Waals surface area (Å²) < 4.78 is 5.92. The molecule has 1 fully saturated rings. The van der Waals surface area contributed by atoms with Crippen LogP contribution in [-0.4, -0.2) is 0 Å². The van der Waals surface area contributed by atoms with Gasteiger partial charge < -0.3 is 4.42 Å². The smallest absolute Gasteiger partial charge is 0.137 e. The minimum absolute atomic E-state index is 0.696. The van der Waals surface area contributed by atoms with Crippen LogP contribution in [0.15, 0.2) is 40.8 Å². The Morgan fingerprint density at radius 1 is 1.13 bits per heavy atom. The van der Waals surface area contributed by atoms with Crippen LogP contribution in [-0.2, 0) is 0 Å². The van der Waals surface area contributed by atoms with Gasteiger partial charge in [0.15, 0.2) is 0 Å². The van der Waals surface area contributed by atoms with Crippen LogP contribution < -0.4 is 0 Å². The first kappa shape index (κ1) is 8.78. The third-order valence-corrected chi connectivity index (χ3v) is 2.95. The van der Waals surface area contributed by atoms with Gasteiger partial charge in [-0.2, -0.15) is 0 Å². The second-order valence-electron chi connectivity index (χ2n) is 4.30. The van der Waals surface area contributed by atoms with Crippen LogP contribution in [0.3, 0.4) is 0 Å². The van der Waals surface area contributed by atoms with E-state index in [2.05, 4.69) is 25.1 Å². The summed E-state index contributed by atoms with van der Waals surface area (Å²) in [6.45, 7) is 2.12. The molecule has 0 aliphatic heterocycles. The molecule has 1 aromatic heterocycles. The van der Waals surface area contributed by atoms with Crippen LogP contribution in [0.5, 0.6) is 0 Å². The highest BCUT2D eigenvalue weighted by atomic mass is 16.3. The van der Waals surface area contributed by atoms with Gasteiger partial charge in [-0.15, -0.1) is 0 Å². The first-order valence-corrected chi connectivity index (χ1v) is 5.50. The van der Waals surface area contributed by atoms with Crippen LogP contribution in [0.25, 0.3) is 11.3 Å². The molecular formula is C14H14O. The molecule has 1 saturated carbocycles. The Kier molecular flexibility index (Phi) is 1.91. The number of aryl methyl sites for hydroxylation is 1. The van der Waals surface area contributed by atoms with E-state index in [1.165, 1.54) is 29.7 Å². The van der Waals surface area contributed by atoms with Crippen molar-refractivity contribution in [1.29, 1.82) is 0 Å². The molecule has 0 atom stereocenters. The summed E-state index contributed by atoms with van der Waals surface area (Å²) in [7, 11) is 0. The zero-order valence-corrected chi connectivity index (χ0v) is 8.86. The van der Waals surface area contributed by atoms with E-state index in [1.807, 2.05) is 18.2 Å². The van der Waals surface area contributed by atoms with E-state index < -0.39 is 0 Å². The second kappa shape index (κ2) is 3.27. The lowest BCUT2D eigenvalue weighted by molar-refractivity contribution is 0.524. The number of hydrogen-bond donors (Lipinski definition) is 0. The van der Waals surface area contributed by atoms with Crippen molar-refractivity contribution >= 4 is 0 Å². The highest BCUT2D eigenvalue weighted by molar-refractivity contribution is 5.61. The summed E-state index contributed by atoms with van der Waals surface area (Å²) in [5, 5.41) is 0. The van der Waals surface area contributed by atoms with Gasteiger partial charge in [-0.1, -0.05) is 30.3 Å². The van der Waals surface area contributed by atoms with Gasteiger partial charge in [-0.05, 0) is 31.4 Å². The van der Waals surface area contributed by atoms with Crippen LogP contribution in [0.2, 0.25) is 0 Å². The maximum Gasteiger partial charge on any atom is 0.137 e. The largest absolute Gasteiger partial charge is 0.461 e. The topological polar surface area (TPSA) is 13.1 Å². The molecule has 1 aliphatic carbocycles. The van der Waals surface area contributed by atoms with Gasteiger partial charge >= 0.3 is 0 Å². The molecular weight excluding hydrogens is 184 g/mol. The Bertz CT molecular complexity index is 463. The normalized spacial score (nSPS) is 15.5. The van der Waals surface area contributed by atoms with E-state index in [4.69, 9.17) is 4.42 Å². The van der Waals surface area contributed by atoms with Crippen LogP contribution in [0.4, 0.5) is 0 Å². The molecule has 1 nitrogen and oxygen atoms in total. The van der Waals surface area contributed by atoms with Crippen molar-refractivity contribution in [3.63, 3.8) is 0 Å². The summed E-state index contributed by atoms with van der Waals surface area (Å²) in [6, 6.07) is 12.5. The molecule has 0 spiro atoms. The van der Waals surface area contributed by atoms with Gasteiger partial charge in [0.2, 0.25) is 0 Å². The fourth-order valence-corrected chi connectivity index (χ4v) is 1.95. The average molecular weight is 198 g/mol. The van der Waals surface area contributed by atoms with E-state index >= 15 is 0 Å². The van der Waals surface area contributed by atoms with Crippen molar-refractivity contribution in [3.8, 4) is 11.3 Å². The van der Waals surface area contributed by atoms with Crippen molar-refractivity contribution in [1.82, 2.24) is 0 Å². The SMILES string of the molecule is Cc1cc(C2CC2)oc1-c1ccccc1. The lowest BCUT2D eigenvalue weighted by Gasteiger charge is -1.97. The highest BCUT2D eigenvalue weighted by Crippen LogP contribution is 2.43. The first-order chi connectivity index (χ1) is 7.34. The van der Waals surface area contributed by atoms with Crippen LogP contribution in [0, 0.1) is 6.92 Å². The average Bonchev–Trinajstić information content (AvgIpc) is 3.04. The van der Waals surface area contributed by atoms with Gasteiger partial charge in [0, 0.05) is 11.5 Å². The molecule has 0 saturated heterocycles. The Morgan fingerprint density at radius 3 is 2.53 bits per heavy atom. The van der Waals surface area contributed by atoms with Gasteiger partial charge in [-0.25, -0.2) is 0 Å². The van der Waals surface area contributed by atoms with Crippen molar-refractivity contribution in [2.24, 2.45) is 0 Å². The minimum atomic E-state index is 0.696. The van der Waals surface area contributed by atoms with Crippen LogP contribution >= 0.6 is 0 Å². The number of hydrogen-bond acceptors (Lipinski definition) is 1. The third-order valence-electron chi connectivity index (χ3n) is 2.95. The molecule has 0 bridgehead atoms. The molecule has 1 heteroatoms. The molecule has 0 N–H and O–H groups in total. The van der Waals surface area contributed by atoms with Gasteiger partial charge in [0.25, 0.3) is 0 Å². The van der Waals surface area contributed by atoms with Gasteiger partial charge in [-0.3, -0.25) is 0 Å². The van der Waals surface area contributed by atoms with Gasteiger partial charge in [0.05, 0.1) is 0 Å². The molecule has 1 aromatic carbocycles. The molecule has 0 amide bonds. The zero-order valence-electron chi connectivity index (χ0n) is 8.86. The van der Waals surface area contributed by atoms with Gasteiger partial charge in [0.1, 0.15) is 11.5 Å². The van der Waals surface area contributed by atoms with Crippen molar-refractivity contribution in [2.45, 2.75) is 25.7 Å². The monoisotopic (exact) mass is 198 g/mol. The van der Waals surface area contributed by atoms with E-state index in [9.17, 15) is 0 Å². The number of benzene rings is 1. The quantitative estimate of drug-likeness (QED) is 0.707. The maximum absolute atomic E-state index is 5.92. The van der Waals surface area contributed by atoms with E-state index in [0.29, 0.717) is 5.92 Å². The van der Waals surface area contributed by atoms with E-state index in [0.717, 1.165) is 5.76 Å². The van der Waals surface area contributed by atoms with Crippen molar-refractivity contribution in [3.05, 3.63) is 47.7 Å².